The van der Waals surface area contributed by atoms with Crippen molar-refractivity contribution in [2.24, 2.45) is 5.84 Å². The molecule has 0 aliphatic rings. The number of hydrogen-bond acceptors (Lipinski definition) is 4. The molecule has 1 heterocycles. The Labute approximate surface area is 107 Å². The molecule has 0 saturated heterocycles. The van der Waals surface area contributed by atoms with Gasteiger partial charge < -0.3 is 4.42 Å². The molecule has 3 N–H and O–H groups in total. The molecule has 4 nitrogen and oxygen atoms in total. The SMILES string of the molecule is NNC(=O)c1ccoc1CSc1ccc(F)cc1. The molecule has 1 aromatic heterocycles. The summed E-state index contributed by atoms with van der Waals surface area (Å²) in [5.41, 5.74) is 2.46. The van der Waals surface area contributed by atoms with Crippen molar-refractivity contribution in [3.8, 4) is 0 Å². The van der Waals surface area contributed by atoms with Crippen molar-refractivity contribution in [1.82, 2.24) is 5.43 Å². The summed E-state index contributed by atoms with van der Waals surface area (Å²) in [7, 11) is 0. The molecular weight excluding hydrogens is 255 g/mol. The monoisotopic (exact) mass is 266 g/mol. The van der Waals surface area contributed by atoms with Gasteiger partial charge in [0.1, 0.15) is 11.6 Å². The van der Waals surface area contributed by atoms with Crippen molar-refractivity contribution in [2.75, 3.05) is 0 Å². The first-order valence-electron chi connectivity index (χ1n) is 5.16. The van der Waals surface area contributed by atoms with Crippen LogP contribution < -0.4 is 11.3 Å². The fourth-order valence-electron chi connectivity index (χ4n) is 1.41. The average Bonchev–Trinajstić information content (AvgIpc) is 2.85. The largest absolute Gasteiger partial charge is 0.468 e. The van der Waals surface area contributed by atoms with Gasteiger partial charge in [-0.2, -0.15) is 0 Å². The molecule has 2 aromatic rings. The van der Waals surface area contributed by atoms with Crippen LogP contribution in [0.2, 0.25) is 0 Å². The zero-order valence-electron chi connectivity index (χ0n) is 9.35. The second kappa shape index (κ2) is 5.70. The van der Waals surface area contributed by atoms with Crippen molar-refractivity contribution in [1.29, 1.82) is 0 Å². The number of nitrogens with one attached hydrogen (secondary N) is 1. The van der Waals surface area contributed by atoms with E-state index in [1.54, 1.807) is 18.2 Å². The molecule has 0 atom stereocenters. The molecule has 0 bridgehead atoms. The third-order valence-corrected chi connectivity index (χ3v) is 3.32. The molecule has 0 fully saturated rings. The lowest BCUT2D eigenvalue weighted by Gasteiger charge is -2.02. The van der Waals surface area contributed by atoms with Crippen LogP contribution in [0, 0.1) is 5.82 Å². The minimum atomic E-state index is -0.390. The second-order valence-corrected chi connectivity index (χ2v) is 4.52. The van der Waals surface area contributed by atoms with Gasteiger partial charge >= 0.3 is 0 Å². The van der Waals surface area contributed by atoms with Crippen LogP contribution in [-0.2, 0) is 5.75 Å². The molecule has 94 valence electrons. The summed E-state index contributed by atoms with van der Waals surface area (Å²) in [6, 6.07) is 7.68. The van der Waals surface area contributed by atoms with Crippen molar-refractivity contribution in [3.63, 3.8) is 0 Å². The van der Waals surface area contributed by atoms with E-state index >= 15 is 0 Å². The molecule has 0 radical (unpaired) electrons. The van der Waals surface area contributed by atoms with Crippen LogP contribution in [0.15, 0.2) is 45.9 Å². The predicted octanol–water partition coefficient (Wildman–Crippen LogP) is 2.31. The summed E-state index contributed by atoms with van der Waals surface area (Å²) in [6.07, 6.45) is 1.44. The number of hydrogen-bond donors (Lipinski definition) is 2. The third-order valence-electron chi connectivity index (χ3n) is 2.30. The van der Waals surface area contributed by atoms with Crippen LogP contribution in [0.25, 0.3) is 0 Å². The Hall–Kier alpha value is -1.79. The number of hydrazine groups is 1. The summed E-state index contributed by atoms with van der Waals surface area (Å²) < 4.78 is 17.9. The van der Waals surface area contributed by atoms with Crippen LogP contribution in [0.5, 0.6) is 0 Å². The minimum Gasteiger partial charge on any atom is -0.468 e. The van der Waals surface area contributed by atoms with Gasteiger partial charge in [-0.3, -0.25) is 10.2 Å². The van der Waals surface area contributed by atoms with Crippen LogP contribution in [0.3, 0.4) is 0 Å². The number of carbonyl (C=O) groups is 1. The van der Waals surface area contributed by atoms with Gasteiger partial charge in [0.25, 0.3) is 5.91 Å². The number of carbonyl (C=O) groups excluding carboxylic acids is 1. The highest BCUT2D eigenvalue weighted by atomic mass is 32.2. The van der Waals surface area contributed by atoms with Crippen LogP contribution in [0.1, 0.15) is 16.1 Å². The third kappa shape index (κ3) is 2.91. The van der Waals surface area contributed by atoms with Crippen molar-refractivity contribution in [2.45, 2.75) is 10.6 Å². The van der Waals surface area contributed by atoms with E-state index in [0.29, 0.717) is 17.1 Å². The zero-order valence-corrected chi connectivity index (χ0v) is 10.2. The Balaban J connectivity index is 2.04. The van der Waals surface area contributed by atoms with Gasteiger partial charge in [0.15, 0.2) is 0 Å². The number of benzene rings is 1. The summed E-state index contributed by atoms with van der Waals surface area (Å²) in [5.74, 6) is 5.41. The molecule has 2 rings (SSSR count). The first kappa shape index (κ1) is 12.7. The van der Waals surface area contributed by atoms with E-state index in [0.717, 1.165) is 4.90 Å². The highest BCUT2D eigenvalue weighted by molar-refractivity contribution is 7.98. The van der Waals surface area contributed by atoms with E-state index in [1.807, 2.05) is 0 Å². The molecule has 6 heteroatoms. The lowest BCUT2D eigenvalue weighted by molar-refractivity contribution is 0.0952. The van der Waals surface area contributed by atoms with E-state index in [-0.39, 0.29) is 5.82 Å². The fourth-order valence-corrected chi connectivity index (χ4v) is 2.26. The predicted molar refractivity (Wildman–Crippen MR) is 66.3 cm³/mol. The highest BCUT2D eigenvalue weighted by Crippen LogP contribution is 2.25. The molecular formula is C12H11FN2O2S. The zero-order chi connectivity index (χ0) is 13.0. The maximum Gasteiger partial charge on any atom is 0.268 e. The van der Waals surface area contributed by atoms with Gasteiger partial charge in [0.05, 0.1) is 17.6 Å². The fraction of sp³-hybridized carbons (Fsp3) is 0.0833. The second-order valence-electron chi connectivity index (χ2n) is 3.47. The van der Waals surface area contributed by atoms with E-state index in [1.165, 1.54) is 30.2 Å². The van der Waals surface area contributed by atoms with Gasteiger partial charge in [-0.05, 0) is 30.3 Å². The van der Waals surface area contributed by atoms with Gasteiger partial charge in [-0.25, -0.2) is 10.2 Å². The number of nitrogen functional groups attached to an aromatic ring is 1. The number of rotatable bonds is 4. The molecule has 0 saturated carbocycles. The van der Waals surface area contributed by atoms with E-state index in [9.17, 15) is 9.18 Å². The summed E-state index contributed by atoms with van der Waals surface area (Å²) in [4.78, 5) is 12.3. The summed E-state index contributed by atoms with van der Waals surface area (Å²) in [5, 5.41) is 0. The number of amides is 1. The summed E-state index contributed by atoms with van der Waals surface area (Å²) in [6.45, 7) is 0. The van der Waals surface area contributed by atoms with E-state index in [2.05, 4.69) is 5.43 Å². The molecule has 1 aromatic carbocycles. The molecule has 0 unspecified atom stereocenters. The Kier molecular flexibility index (Phi) is 4.01. The van der Waals surface area contributed by atoms with Crippen LogP contribution in [-0.4, -0.2) is 5.91 Å². The average molecular weight is 266 g/mol. The Bertz CT molecular complexity index is 539. The number of halogens is 1. The number of nitrogens with two attached hydrogens (primary N) is 1. The van der Waals surface area contributed by atoms with Gasteiger partial charge in [-0.1, -0.05) is 0 Å². The van der Waals surface area contributed by atoms with Gasteiger partial charge in [-0.15, -0.1) is 11.8 Å². The highest BCUT2D eigenvalue weighted by Gasteiger charge is 2.13. The van der Waals surface area contributed by atoms with Crippen molar-refractivity contribution < 1.29 is 13.6 Å². The van der Waals surface area contributed by atoms with Gasteiger partial charge in [0, 0.05) is 4.90 Å². The molecule has 0 aliphatic heterocycles. The summed E-state index contributed by atoms with van der Waals surface area (Å²) >= 11 is 1.45. The first-order chi connectivity index (χ1) is 8.70. The molecule has 1 amide bonds. The van der Waals surface area contributed by atoms with E-state index < -0.39 is 5.91 Å². The minimum absolute atomic E-state index is 0.277. The lowest BCUT2D eigenvalue weighted by Crippen LogP contribution is -2.30. The lowest BCUT2D eigenvalue weighted by atomic mass is 10.2. The van der Waals surface area contributed by atoms with Crippen molar-refractivity contribution >= 4 is 17.7 Å². The number of furan rings is 1. The molecule has 0 aliphatic carbocycles. The quantitative estimate of drug-likeness (QED) is 0.385. The normalized spacial score (nSPS) is 10.3. The topological polar surface area (TPSA) is 68.3 Å². The van der Waals surface area contributed by atoms with Crippen molar-refractivity contribution in [3.05, 3.63) is 53.7 Å². The first-order valence-corrected chi connectivity index (χ1v) is 6.15. The smallest absolute Gasteiger partial charge is 0.268 e. The maximum atomic E-state index is 12.7. The Morgan fingerprint density at radius 1 is 1.33 bits per heavy atom. The van der Waals surface area contributed by atoms with Crippen LogP contribution >= 0.6 is 11.8 Å². The Morgan fingerprint density at radius 3 is 2.72 bits per heavy atom. The van der Waals surface area contributed by atoms with Crippen LogP contribution in [0.4, 0.5) is 4.39 Å². The standard InChI is InChI=1S/C12H11FN2O2S/c13-8-1-3-9(4-2-8)18-7-11-10(5-6-17-11)12(16)15-14/h1-6H,7,14H2,(H,15,16). The molecule has 0 spiro atoms. The maximum absolute atomic E-state index is 12.7. The number of thioether (sulfide) groups is 1. The Morgan fingerprint density at radius 2 is 2.06 bits per heavy atom. The van der Waals surface area contributed by atoms with Gasteiger partial charge in [0.2, 0.25) is 0 Å². The van der Waals surface area contributed by atoms with E-state index in [4.69, 9.17) is 10.3 Å². The molecule has 18 heavy (non-hydrogen) atoms.